The maximum absolute atomic E-state index is 5.88. The second-order valence-corrected chi connectivity index (χ2v) is 5.55. The maximum Gasteiger partial charge on any atom is 0.264 e. The Morgan fingerprint density at radius 1 is 1.24 bits per heavy atom. The van der Waals surface area contributed by atoms with Crippen molar-refractivity contribution in [1.82, 2.24) is 10.1 Å². The van der Waals surface area contributed by atoms with Crippen LogP contribution in [-0.2, 0) is 11.3 Å². The molecule has 21 heavy (non-hydrogen) atoms. The summed E-state index contributed by atoms with van der Waals surface area (Å²) in [5.74, 6) is 2.39. The number of aryl methyl sites for hydroxylation is 2. The first-order valence-electron chi connectivity index (χ1n) is 7.25. The number of hydrogen-bond acceptors (Lipinski definition) is 5. The highest BCUT2D eigenvalue weighted by Crippen LogP contribution is 2.27. The molecule has 3 rings (SSSR count). The van der Waals surface area contributed by atoms with Crippen LogP contribution in [0.4, 0.5) is 0 Å². The minimum atomic E-state index is 0.255. The van der Waals surface area contributed by atoms with Gasteiger partial charge in [0.1, 0.15) is 5.75 Å². The molecule has 1 saturated heterocycles. The van der Waals surface area contributed by atoms with Gasteiger partial charge in [-0.1, -0.05) is 17.3 Å². The first-order valence-corrected chi connectivity index (χ1v) is 7.25. The van der Waals surface area contributed by atoms with Gasteiger partial charge in [0.05, 0.1) is 6.61 Å². The van der Waals surface area contributed by atoms with Crippen molar-refractivity contribution in [3.63, 3.8) is 0 Å². The van der Waals surface area contributed by atoms with Crippen LogP contribution in [0.15, 0.2) is 16.7 Å². The average molecular weight is 288 g/mol. The first-order chi connectivity index (χ1) is 10.1. The van der Waals surface area contributed by atoms with Gasteiger partial charge in [-0.3, -0.25) is 0 Å². The summed E-state index contributed by atoms with van der Waals surface area (Å²) in [4.78, 5) is 4.41. The van der Waals surface area contributed by atoms with Crippen molar-refractivity contribution in [2.45, 2.75) is 39.7 Å². The van der Waals surface area contributed by atoms with E-state index in [0.717, 1.165) is 35.7 Å². The Balaban J connectivity index is 1.69. The minimum absolute atomic E-state index is 0.255. The van der Waals surface area contributed by atoms with E-state index in [4.69, 9.17) is 14.0 Å². The molecule has 0 saturated carbocycles. The van der Waals surface area contributed by atoms with Crippen LogP contribution < -0.4 is 4.74 Å². The monoisotopic (exact) mass is 288 g/mol. The summed E-state index contributed by atoms with van der Waals surface area (Å²) in [7, 11) is 0. The van der Waals surface area contributed by atoms with Gasteiger partial charge < -0.3 is 14.0 Å². The van der Waals surface area contributed by atoms with E-state index in [1.807, 2.05) is 6.92 Å². The van der Waals surface area contributed by atoms with Gasteiger partial charge in [0, 0.05) is 12.5 Å². The number of benzene rings is 1. The summed E-state index contributed by atoms with van der Waals surface area (Å²) in [5, 5.41) is 4.03. The normalized spacial score (nSPS) is 18.1. The highest BCUT2D eigenvalue weighted by atomic mass is 16.5. The standard InChI is InChI=1S/C16H20N2O3/c1-10-4-5-11(2)15(12(10)3)20-9-14-17-16(18-21-14)13-6-7-19-8-13/h4-5,13H,6-9H2,1-3H3. The maximum atomic E-state index is 5.88. The molecule has 0 radical (unpaired) electrons. The number of nitrogens with zero attached hydrogens (tertiary/aromatic N) is 2. The molecule has 1 aliphatic rings. The van der Waals surface area contributed by atoms with Gasteiger partial charge in [0.15, 0.2) is 12.4 Å². The Bertz CT molecular complexity index is 630. The predicted molar refractivity (Wildman–Crippen MR) is 77.5 cm³/mol. The van der Waals surface area contributed by atoms with E-state index in [2.05, 4.69) is 36.1 Å². The van der Waals surface area contributed by atoms with Crippen molar-refractivity contribution in [3.05, 3.63) is 40.5 Å². The molecule has 0 bridgehead atoms. The average Bonchev–Trinajstić information content (AvgIpc) is 3.13. The number of ether oxygens (including phenoxy) is 2. The van der Waals surface area contributed by atoms with Gasteiger partial charge >= 0.3 is 0 Å². The molecule has 1 fully saturated rings. The van der Waals surface area contributed by atoms with Gasteiger partial charge in [0.2, 0.25) is 0 Å². The van der Waals surface area contributed by atoms with Crippen molar-refractivity contribution in [2.75, 3.05) is 13.2 Å². The van der Waals surface area contributed by atoms with E-state index in [1.165, 1.54) is 5.56 Å². The molecule has 1 aromatic carbocycles. The van der Waals surface area contributed by atoms with E-state index in [-0.39, 0.29) is 5.92 Å². The van der Waals surface area contributed by atoms with Gasteiger partial charge in [-0.05, 0) is 43.9 Å². The van der Waals surface area contributed by atoms with Crippen LogP contribution in [0.1, 0.15) is 40.7 Å². The van der Waals surface area contributed by atoms with E-state index in [1.54, 1.807) is 0 Å². The fourth-order valence-electron chi connectivity index (χ4n) is 2.51. The lowest BCUT2D eigenvalue weighted by Crippen LogP contribution is -2.02. The Kier molecular flexibility index (Phi) is 3.92. The summed E-state index contributed by atoms with van der Waals surface area (Å²) >= 11 is 0. The van der Waals surface area contributed by atoms with Crippen molar-refractivity contribution >= 4 is 0 Å². The van der Waals surface area contributed by atoms with Crippen LogP contribution in [-0.4, -0.2) is 23.4 Å². The van der Waals surface area contributed by atoms with Crippen LogP contribution in [0, 0.1) is 20.8 Å². The summed E-state index contributed by atoms with van der Waals surface area (Å²) in [6.45, 7) is 7.92. The minimum Gasteiger partial charge on any atom is -0.483 e. The van der Waals surface area contributed by atoms with Crippen molar-refractivity contribution < 1.29 is 14.0 Å². The SMILES string of the molecule is Cc1ccc(C)c(OCc2nc(C3CCOC3)no2)c1C. The Hall–Kier alpha value is -1.88. The van der Waals surface area contributed by atoms with Gasteiger partial charge in [-0.2, -0.15) is 4.98 Å². The molecule has 1 atom stereocenters. The molecule has 0 aliphatic carbocycles. The Labute approximate surface area is 124 Å². The second kappa shape index (κ2) is 5.85. The molecule has 1 aliphatic heterocycles. The molecule has 0 N–H and O–H groups in total. The number of hydrogen-bond donors (Lipinski definition) is 0. The third-order valence-corrected chi connectivity index (χ3v) is 3.99. The van der Waals surface area contributed by atoms with E-state index in [0.29, 0.717) is 19.1 Å². The fourth-order valence-corrected chi connectivity index (χ4v) is 2.51. The van der Waals surface area contributed by atoms with E-state index >= 15 is 0 Å². The number of aromatic nitrogens is 2. The molecule has 1 unspecified atom stereocenters. The second-order valence-electron chi connectivity index (χ2n) is 5.55. The lowest BCUT2D eigenvalue weighted by atomic mass is 10.1. The molecular formula is C16H20N2O3. The zero-order valence-corrected chi connectivity index (χ0v) is 12.7. The lowest BCUT2D eigenvalue weighted by molar-refractivity contribution is 0.192. The van der Waals surface area contributed by atoms with Crippen LogP contribution in [0.2, 0.25) is 0 Å². The lowest BCUT2D eigenvalue weighted by Gasteiger charge is -2.12. The van der Waals surface area contributed by atoms with Crippen molar-refractivity contribution in [1.29, 1.82) is 0 Å². The summed E-state index contributed by atoms with van der Waals surface area (Å²) < 4.78 is 16.5. The third-order valence-electron chi connectivity index (χ3n) is 3.99. The Morgan fingerprint density at radius 2 is 2.05 bits per heavy atom. The molecule has 5 heteroatoms. The quantitative estimate of drug-likeness (QED) is 0.865. The van der Waals surface area contributed by atoms with Crippen molar-refractivity contribution in [2.24, 2.45) is 0 Å². The number of rotatable bonds is 4. The molecule has 2 aromatic rings. The van der Waals surface area contributed by atoms with Crippen LogP contribution in [0.25, 0.3) is 0 Å². The van der Waals surface area contributed by atoms with Gasteiger partial charge in [-0.15, -0.1) is 0 Å². The smallest absolute Gasteiger partial charge is 0.264 e. The van der Waals surface area contributed by atoms with E-state index in [9.17, 15) is 0 Å². The van der Waals surface area contributed by atoms with Crippen LogP contribution in [0.3, 0.4) is 0 Å². The first kappa shape index (κ1) is 14.1. The molecule has 0 amide bonds. The molecule has 2 heterocycles. The topological polar surface area (TPSA) is 57.4 Å². The highest BCUT2D eigenvalue weighted by molar-refractivity contribution is 5.44. The summed E-state index contributed by atoms with van der Waals surface area (Å²) in [6.07, 6.45) is 0.954. The van der Waals surface area contributed by atoms with Gasteiger partial charge in [-0.25, -0.2) is 0 Å². The molecule has 1 aromatic heterocycles. The van der Waals surface area contributed by atoms with E-state index < -0.39 is 0 Å². The van der Waals surface area contributed by atoms with Crippen LogP contribution in [0.5, 0.6) is 5.75 Å². The third kappa shape index (κ3) is 2.93. The molecule has 0 spiro atoms. The van der Waals surface area contributed by atoms with Gasteiger partial charge in [0.25, 0.3) is 5.89 Å². The van der Waals surface area contributed by atoms with Crippen molar-refractivity contribution in [3.8, 4) is 5.75 Å². The highest BCUT2D eigenvalue weighted by Gasteiger charge is 2.23. The molecule has 112 valence electrons. The zero-order valence-electron chi connectivity index (χ0n) is 12.7. The summed E-state index contributed by atoms with van der Waals surface area (Å²) in [5.41, 5.74) is 3.48. The van der Waals surface area contributed by atoms with Crippen LogP contribution >= 0.6 is 0 Å². The largest absolute Gasteiger partial charge is 0.483 e. The molecule has 5 nitrogen and oxygen atoms in total. The molecular weight excluding hydrogens is 268 g/mol. The summed E-state index contributed by atoms with van der Waals surface area (Å²) in [6, 6.07) is 4.16. The fraction of sp³-hybridized carbons (Fsp3) is 0.500. The predicted octanol–water partition coefficient (Wildman–Crippen LogP) is 3.08. The zero-order chi connectivity index (χ0) is 14.8. The Morgan fingerprint density at radius 3 is 2.81 bits per heavy atom.